The van der Waals surface area contributed by atoms with Gasteiger partial charge < -0.3 is 14.7 Å². The van der Waals surface area contributed by atoms with Crippen molar-refractivity contribution >= 4 is 23.3 Å². The number of oxime groups is 1. The SMILES string of the molecule is O=C([O-])C1CN(Cc2ccc(C3=NOC(c4ccc(CCl)cc4)C3)cc2)C1.[Na+]. The van der Waals surface area contributed by atoms with Gasteiger partial charge in [0.1, 0.15) is 0 Å². The molecule has 0 amide bonds. The Morgan fingerprint density at radius 2 is 1.75 bits per heavy atom. The standard InChI is InChI=1S/C21H21ClN2O3.Na/c22-10-14-1-7-17(8-2-14)20-9-19(23-27-20)16-5-3-15(4-6-16)11-24-12-18(13-24)21(25)26;/h1-8,18,20H,9-13H2,(H,25,26);/q;+1/p-1. The fourth-order valence-corrected chi connectivity index (χ4v) is 3.63. The zero-order valence-corrected chi connectivity index (χ0v) is 18.6. The van der Waals surface area contributed by atoms with Gasteiger partial charge in [0.2, 0.25) is 0 Å². The number of carboxylic acids is 1. The van der Waals surface area contributed by atoms with Crippen LogP contribution in [0.3, 0.4) is 0 Å². The predicted molar refractivity (Wildman–Crippen MR) is 101 cm³/mol. The molecule has 0 aromatic heterocycles. The van der Waals surface area contributed by atoms with E-state index in [-0.39, 0.29) is 41.6 Å². The number of carbonyl (C=O) groups excluding carboxylic acids is 1. The van der Waals surface area contributed by atoms with Crippen LogP contribution in [0.25, 0.3) is 0 Å². The fourth-order valence-electron chi connectivity index (χ4n) is 3.46. The van der Waals surface area contributed by atoms with Crippen molar-refractivity contribution in [2.75, 3.05) is 13.1 Å². The maximum absolute atomic E-state index is 10.8. The summed E-state index contributed by atoms with van der Waals surface area (Å²) in [4.78, 5) is 18.5. The van der Waals surface area contributed by atoms with Crippen LogP contribution in [0.15, 0.2) is 53.7 Å². The monoisotopic (exact) mass is 406 g/mol. The third-order valence-electron chi connectivity index (χ3n) is 5.16. The van der Waals surface area contributed by atoms with Gasteiger partial charge in [-0.15, -0.1) is 11.6 Å². The first kappa shape index (κ1) is 21.3. The van der Waals surface area contributed by atoms with Crippen LogP contribution >= 0.6 is 11.6 Å². The number of likely N-dealkylation sites (tertiary alicyclic amines) is 1. The molecule has 28 heavy (non-hydrogen) atoms. The summed E-state index contributed by atoms with van der Waals surface area (Å²) >= 11 is 5.83. The summed E-state index contributed by atoms with van der Waals surface area (Å²) in [6.07, 6.45) is 0.672. The van der Waals surface area contributed by atoms with Crippen molar-refractivity contribution in [3.63, 3.8) is 0 Å². The number of aliphatic carboxylic acids is 1. The number of carboxylic acid groups (broad SMARTS) is 1. The van der Waals surface area contributed by atoms with E-state index in [0.29, 0.717) is 19.0 Å². The molecule has 2 aromatic carbocycles. The van der Waals surface area contributed by atoms with Crippen LogP contribution in [0.1, 0.15) is 34.8 Å². The van der Waals surface area contributed by atoms with Gasteiger partial charge in [-0.05, 0) is 22.3 Å². The Morgan fingerprint density at radius 1 is 1.11 bits per heavy atom. The van der Waals surface area contributed by atoms with E-state index >= 15 is 0 Å². The number of halogens is 1. The van der Waals surface area contributed by atoms with E-state index in [1.54, 1.807) is 0 Å². The molecule has 2 heterocycles. The smallest absolute Gasteiger partial charge is 0.550 e. The number of carbonyl (C=O) groups is 1. The zero-order valence-electron chi connectivity index (χ0n) is 15.8. The Hall–Kier alpha value is -1.37. The van der Waals surface area contributed by atoms with Gasteiger partial charge in [0, 0.05) is 43.8 Å². The van der Waals surface area contributed by atoms with Crippen LogP contribution in [0.4, 0.5) is 0 Å². The van der Waals surface area contributed by atoms with Crippen LogP contribution in [0.2, 0.25) is 0 Å². The van der Waals surface area contributed by atoms with E-state index in [1.165, 1.54) is 0 Å². The molecule has 0 N–H and O–H groups in total. The van der Waals surface area contributed by atoms with E-state index in [1.807, 2.05) is 36.4 Å². The quantitative estimate of drug-likeness (QED) is 0.478. The summed E-state index contributed by atoms with van der Waals surface area (Å²) in [5.74, 6) is -0.775. The van der Waals surface area contributed by atoms with Gasteiger partial charge >= 0.3 is 29.6 Å². The number of nitrogens with zero attached hydrogens (tertiary/aromatic N) is 2. The number of alkyl halides is 1. The number of hydrogen-bond acceptors (Lipinski definition) is 5. The zero-order chi connectivity index (χ0) is 18.8. The third kappa shape index (κ3) is 4.78. The van der Waals surface area contributed by atoms with Crippen molar-refractivity contribution in [1.82, 2.24) is 4.90 Å². The molecule has 1 saturated heterocycles. The predicted octanol–water partition coefficient (Wildman–Crippen LogP) is -0.523. The summed E-state index contributed by atoms with van der Waals surface area (Å²) in [6.45, 7) is 1.88. The number of hydrogen-bond donors (Lipinski definition) is 0. The van der Waals surface area contributed by atoms with Gasteiger partial charge in [-0.2, -0.15) is 0 Å². The van der Waals surface area contributed by atoms with Crippen LogP contribution < -0.4 is 34.7 Å². The van der Waals surface area contributed by atoms with Crippen molar-refractivity contribution in [2.24, 2.45) is 11.1 Å². The molecule has 0 saturated carbocycles. The molecule has 5 nitrogen and oxygen atoms in total. The molecule has 2 aliphatic rings. The Balaban J connectivity index is 0.00000225. The summed E-state index contributed by atoms with van der Waals surface area (Å²) in [5, 5.41) is 15.0. The van der Waals surface area contributed by atoms with Crippen LogP contribution in [-0.2, 0) is 22.1 Å². The maximum Gasteiger partial charge on any atom is 1.00 e. The maximum atomic E-state index is 10.8. The second-order valence-electron chi connectivity index (χ2n) is 7.12. The average Bonchev–Trinajstić information content (AvgIpc) is 3.15. The topological polar surface area (TPSA) is 65.0 Å². The number of benzene rings is 2. The summed E-state index contributed by atoms with van der Waals surface area (Å²) in [7, 11) is 0. The molecule has 0 bridgehead atoms. The molecule has 2 aliphatic heterocycles. The molecule has 0 radical (unpaired) electrons. The Morgan fingerprint density at radius 3 is 2.36 bits per heavy atom. The van der Waals surface area contributed by atoms with Gasteiger partial charge in [0.05, 0.1) is 5.71 Å². The van der Waals surface area contributed by atoms with Crippen molar-refractivity contribution in [1.29, 1.82) is 0 Å². The third-order valence-corrected chi connectivity index (χ3v) is 5.47. The Kier molecular flexibility index (Phi) is 7.18. The van der Waals surface area contributed by atoms with Gasteiger partial charge in [0.15, 0.2) is 6.10 Å². The van der Waals surface area contributed by atoms with Crippen molar-refractivity contribution < 1.29 is 44.3 Å². The second kappa shape index (κ2) is 9.42. The normalized spacial score (nSPS) is 19.3. The molecule has 0 spiro atoms. The fraction of sp³-hybridized carbons (Fsp3) is 0.333. The minimum atomic E-state index is -0.951. The first-order valence-corrected chi connectivity index (χ1v) is 9.56. The molecule has 2 aromatic rings. The molecule has 7 heteroatoms. The van der Waals surface area contributed by atoms with Gasteiger partial charge in [-0.1, -0.05) is 53.7 Å². The molecule has 1 atom stereocenters. The summed E-state index contributed by atoms with van der Waals surface area (Å²) in [5.41, 5.74) is 5.33. The van der Waals surface area contributed by atoms with E-state index in [4.69, 9.17) is 16.4 Å². The molecule has 0 aliphatic carbocycles. The van der Waals surface area contributed by atoms with Crippen molar-refractivity contribution in [3.05, 3.63) is 70.8 Å². The second-order valence-corrected chi connectivity index (χ2v) is 7.39. The van der Waals surface area contributed by atoms with Crippen LogP contribution in [-0.4, -0.2) is 29.7 Å². The molecule has 1 unspecified atom stereocenters. The van der Waals surface area contributed by atoms with Crippen LogP contribution in [0, 0.1) is 5.92 Å². The molecule has 4 rings (SSSR count). The summed E-state index contributed by atoms with van der Waals surface area (Å²) < 4.78 is 0. The van der Waals surface area contributed by atoms with Gasteiger partial charge in [-0.25, -0.2) is 0 Å². The first-order valence-electron chi connectivity index (χ1n) is 9.02. The summed E-state index contributed by atoms with van der Waals surface area (Å²) in [6, 6.07) is 16.3. The van der Waals surface area contributed by atoms with Gasteiger partial charge in [0.25, 0.3) is 0 Å². The van der Waals surface area contributed by atoms with E-state index in [0.717, 1.165) is 40.9 Å². The Labute approximate surface area is 191 Å². The minimum Gasteiger partial charge on any atom is -0.550 e. The molecular weight excluding hydrogens is 387 g/mol. The average molecular weight is 407 g/mol. The Bertz CT molecular complexity index is 849. The van der Waals surface area contributed by atoms with E-state index < -0.39 is 5.97 Å². The molecular formula is C21H20ClN2NaO3. The molecule has 1 fully saturated rings. The van der Waals surface area contributed by atoms with Crippen molar-refractivity contribution in [2.45, 2.75) is 24.9 Å². The van der Waals surface area contributed by atoms with Crippen molar-refractivity contribution in [3.8, 4) is 0 Å². The van der Waals surface area contributed by atoms with E-state index in [9.17, 15) is 9.90 Å². The largest absolute Gasteiger partial charge is 1.00 e. The minimum absolute atomic E-state index is 0. The van der Waals surface area contributed by atoms with E-state index in [2.05, 4.69) is 22.2 Å². The van der Waals surface area contributed by atoms with Gasteiger partial charge in [-0.3, -0.25) is 4.90 Å². The number of rotatable bonds is 6. The first-order chi connectivity index (χ1) is 13.1. The van der Waals surface area contributed by atoms with Crippen LogP contribution in [0.5, 0.6) is 0 Å². The molecule has 140 valence electrons.